The Morgan fingerprint density at radius 1 is 1.56 bits per heavy atom. The lowest BCUT2D eigenvalue weighted by Gasteiger charge is -2.09. The van der Waals surface area contributed by atoms with Gasteiger partial charge in [0.25, 0.3) is 5.91 Å². The summed E-state index contributed by atoms with van der Waals surface area (Å²) in [5, 5.41) is 11.7. The number of nitrogens with one attached hydrogen (secondary N) is 1. The second-order valence-corrected chi connectivity index (χ2v) is 3.74. The maximum absolute atomic E-state index is 11.7. The molecule has 0 fully saturated rings. The first-order valence-electron chi connectivity index (χ1n) is 5.15. The van der Waals surface area contributed by atoms with Gasteiger partial charge in [-0.2, -0.15) is 0 Å². The van der Waals surface area contributed by atoms with Gasteiger partial charge in [0, 0.05) is 12.1 Å². The minimum atomic E-state index is -0.545. The molecule has 1 unspecified atom stereocenters. The Hall–Kier alpha value is -1.55. The van der Waals surface area contributed by atoms with Crippen LogP contribution in [0.1, 0.15) is 22.8 Å². The fraction of sp³-hybridized carbons (Fsp3) is 0.417. The van der Waals surface area contributed by atoms with Crippen molar-refractivity contribution in [1.82, 2.24) is 5.32 Å². The van der Waals surface area contributed by atoms with Crippen LogP contribution in [0, 0.1) is 6.92 Å². The number of hydrogen-bond acceptors (Lipinski definition) is 3. The maximum atomic E-state index is 11.7. The van der Waals surface area contributed by atoms with Crippen molar-refractivity contribution in [3.05, 3.63) is 29.3 Å². The van der Waals surface area contributed by atoms with E-state index in [2.05, 4.69) is 5.32 Å². The molecule has 0 aliphatic carbocycles. The molecular formula is C12H17NO3. The van der Waals surface area contributed by atoms with E-state index in [-0.39, 0.29) is 12.5 Å². The van der Waals surface area contributed by atoms with Gasteiger partial charge in [-0.3, -0.25) is 4.79 Å². The van der Waals surface area contributed by atoms with Crippen LogP contribution in [0.5, 0.6) is 5.75 Å². The highest BCUT2D eigenvalue weighted by Gasteiger charge is 2.08. The van der Waals surface area contributed by atoms with E-state index >= 15 is 0 Å². The van der Waals surface area contributed by atoms with Gasteiger partial charge in [0.2, 0.25) is 0 Å². The number of aryl methyl sites for hydroxylation is 1. The summed E-state index contributed by atoms with van der Waals surface area (Å²) in [6, 6.07) is 5.25. The summed E-state index contributed by atoms with van der Waals surface area (Å²) in [5.74, 6) is 0.476. The zero-order valence-corrected chi connectivity index (χ0v) is 9.78. The number of amides is 1. The number of benzene rings is 1. The van der Waals surface area contributed by atoms with Gasteiger partial charge in [-0.25, -0.2) is 0 Å². The predicted molar refractivity (Wildman–Crippen MR) is 61.7 cm³/mol. The number of aliphatic hydroxyl groups is 1. The second-order valence-electron chi connectivity index (χ2n) is 3.74. The molecule has 0 saturated carbocycles. The normalized spacial score (nSPS) is 12.0. The van der Waals surface area contributed by atoms with Gasteiger partial charge in [0.15, 0.2) is 0 Å². The average Bonchev–Trinajstić information content (AvgIpc) is 2.26. The molecule has 1 aromatic carbocycles. The van der Waals surface area contributed by atoms with Crippen LogP contribution >= 0.6 is 0 Å². The summed E-state index contributed by atoms with van der Waals surface area (Å²) >= 11 is 0. The van der Waals surface area contributed by atoms with Gasteiger partial charge in [0.05, 0.1) is 13.2 Å². The van der Waals surface area contributed by atoms with E-state index in [1.54, 1.807) is 26.2 Å². The first-order chi connectivity index (χ1) is 7.54. The highest BCUT2D eigenvalue weighted by atomic mass is 16.5. The molecule has 0 heterocycles. The molecule has 0 aliphatic heterocycles. The molecule has 16 heavy (non-hydrogen) atoms. The fourth-order valence-electron chi connectivity index (χ4n) is 1.30. The number of carbonyl (C=O) groups excluding carboxylic acids is 1. The predicted octanol–water partition coefficient (Wildman–Crippen LogP) is 1.11. The van der Waals surface area contributed by atoms with Crippen LogP contribution in [0.2, 0.25) is 0 Å². The van der Waals surface area contributed by atoms with E-state index in [1.807, 2.05) is 13.0 Å². The van der Waals surface area contributed by atoms with Gasteiger partial charge in [-0.05, 0) is 31.5 Å². The molecule has 0 aliphatic rings. The molecule has 0 spiro atoms. The standard InChI is InChI=1S/C12H17NO3/c1-8-4-5-10(6-11(8)16-3)12(15)13-7-9(2)14/h4-6,9,14H,7H2,1-3H3,(H,13,15). The Bertz CT molecular complexity index is 375. The molecule has 1 rings (SSSR count). The highest BCUT2D eigenvalue weighted by Crippen LogP contribution is 2.18. The van der Waals surface area contributed by atoms with Crippen molar-refractivity contribution < 1.29 is 14.6 Å². The molecule has 0 aromatic heterocycles. The van der Waals surface area contributed by atoms with E-state index < -0.39 is 6.10 Å². The molecule has 4 nitrogen and oxygen atoms in total. The smallest absolute Gasteiger partial charge is 0.251 e. The van der Waals surface area contributed by atoms with Crippen LogP contribution in [0.25, 0.3) is 0 Å². The van der Waals surface area contributed by atoms with E-state index in [4.69, 9.17) is 9.84 Å². The molecule has 0 bridgehead atoms. The Balaban J connectivity index is 2.76. The highest BCUT2D eigenvalue weighted by molar-refractivity contribution is 5.94. The van der Waals surface area contributed by atoms with Gasteiger partial charge >= 0.3 is 0 Å². The number of carbonyl (C=O) groups is 1. The number of aliphatic hydroxyl groups excluding tert-OH is 1. The summed E-state index contributed by atoms with van der Waals surface area (Å²) < 4.78 is 5.13. The first-order valence-corrected chi connectivity index (χ1v) is 5.15. The molecule has 4 heteroatoms. The van der Waals surface area contributed by atoms with Gasteiger partial charge < -0.3 is 15.2 Å². The van der Waals surface area contributed by atoms with Crippen molar-refractivity contribution >= 4 is 5.91 Å². The number of rotatable bonds is 4. The minimum Gasteiger partial charge on any atom is -0.496 e. The van der Waals surface area contributed by atoms with Gasteiger partial charge in [-0.1, -0.05) is 6.07 Å². The Morgan fingerprint density at radius 2 is 2.25 bits per heavy atom. The van der Waals surface area contributed by atoms with Crippen molar-refractivity contribution in [3.63, 3.8) is 0 Å². The maximum Gasteiger partial charge on any atom is 0.251 e. The van der Waals surface area contributed by atoms with E-state index in [1.165, 1.54) is 0 Å². The van der Waals surface area contributed by atoms with Crippen molar-refractivity contribution in [2.45, 2.75) is 20.0 Å². The quantitative estimate of drug-likeness (QED) is 0.804. The Kier molecular flexibility index (Phi) is 4.31. The third-order valence-corrected chi connectivity index (χ3v) is 2.23. The van der Waals surface area contributed by atoms with Crippen LogP contribution in [-0.4, -0.2) is 30.8 Å². The topological polar surface area (TPSA) is 58.6 Å². The van der Waals surface area contributed by atoms with Crippen LogP contribution < -0.4 is 10.1 Å². The van der Waals surface area contributed by atoms with Crippen molar-refractivity contribution in [3.8, 4) is 5.75 Å². The molecule has 88 valence electrons. The van der Waals surface area contributed by atoms with Crippen LogP contribution in [0.15, 0.2) is 18.2 Å². The van der Waals surface area contributed by atoms with Crippen molar-refractivity contribution in [2.75, 3.05) is 13.7 Å². The molecule has 1 atom stereocenters. The van der Waals surface area contributed by atoms with Gasteiger partial charge in [-0.15, -0.1) is 0 Å². The zero-order valence-electron chi connectivity index (χ0n) is 9.78. The number of hydrogen-bond donors (Lipinski definition) is 2. The molecule has 0 saturated heterocycles. The summed E-state index contributed by atoms with van der Waals surface area (Å²) in [6.07, 6.45) is -0.545. The summed E-state index contributed by atoms with van der Waals surface area (Å²) in [5.41, 5.74) is 1.51. The van der Waals surface area contributed by atoms with Crippen molar-refractivity contribution in [1.29, 1.82) is 0 Å². The Labute approximate surface area is 95.2 Å². The summed E-state index contributed by atoms with van der Waals surface area (Å²) in [7, 11) is 1.57. The number of methoxy groups -OCH3 is 1. The molecule has 1 amide bonds. The SMILES string of the molecule is COc1cc(C(=O)NCC(C)O)ccc1C. The lowest BCUT2D eigenvalue weighted by molar-refractivity contribution is 0.0923. The fourth-order valence-corrected chi connectivity index (χ4v) is 1.30. The van der Waals surface area contributed by atoms with E-state index in [0.29, 0.717) is 11.3 Å². The lowest BCUT2D eigenvalue weighted by Crippen LogP contribution is -2.30. The Morgan fingerprint density at radius 3 is 2.81 bits per heavy atom. The minimum absolute atomic E-state index is 0.209. The molecule has 2 N–H and O–H groups in total. The third-order valence-electron chi connectivity index (χ3n) is 2.23. The molecule has 1 aromatic rings. The lowest BCUT2D eigenvalue weighted by atomic mass is 10.1. The largest absolute Gasteiger partial charge is 0.496 e. The summed E-state index contributed by atoms with van der Waals surface area (Å²) in [4.78, 5) is 11.7. The third kappa shape index (κ3) is 3.24. The van der Waals surface area contributed by atoms with Crippen LogP contribution in [0.4, 0.5) is 0 Å². The second kappa shape index (κ2) is 5.51. The molecular weight excluding hydrogens is 206 g/mol. The summed E-state index contributed by atoms with van der Waals surface area (Å²) in [6.45, 7) is 3.78. The number of ether oxygens (including phenoxy) is 1. The first kappa shape index (κ1) is 12.5. The zero-order chi connectivity index (χ0) is 12.1. The van der Waals surface area contributed by atoms with E-state index in [0.717, 1.165) is 5.56 Å². The van der Waals surface area contributed by atoms with Crippen LogP contribution in [0.3, 0.4) is 0 Å². The average molecular weight is 223 g/mol. The van der Waals surface area contributed by atoms with Gasteiger partial charge in [0.1, 0.15) is 5.75 Å². The molecule has 0 radical (unpaired) electrons. The van der Waals surface area contributed by atoms with Crippen molar-refractivity contribution in [2.24, 2.45) is 0 Å². The van der Waals surface area contributed by atoms with Crippen LogP contribution in [-0.2, 0) is 0 Å². The monoisotopic (exact) mass is 223 g/mol. The van der Waals surface area contributed by atoms with E-state index in [9.17, 15) is 4.79 Å².